The SMILES string of the molecule is COC(=O)CCc1cccc(NC(N)=S)c1. The largest absolute Gasteiger partial charge is 0.469 e. The van der Waals surface area contributed by atoms with Crippen molar-refractivity contribution in [1.82, 2.24) is 0 Å². The van der Waals surface area contributed by atoms with E-state index in [-0.39, 0.29) is 11.1 Å². The van der Waals surface area contributed by atoms with Crippen molar-refractivity contribution in [3.05, 3.63) is 29.8 Å². The second-order valence-corrected chi connectivity index (χ2v) is 3.71. The number of carbonyl (C=O) groups excluding carboxylic acids is 1. The summed E-state index contributed by atoms with van der Waals surface area (Å²) in [5.74, 6) is -0.215. The molecule has 0 unspecified atom stereocenters. The van der Waals surface area contributed by atoms with Gasteiger partial charge in [-0.05, 0) is 36.3 Å². The number of aryl methyl sites for hydroxylation is 1. The average Bonchev–Trinajstić information content (AvgIpc) is 2.25. The highest BCUT2D eigenvalue weighted by atomic mass is 32.1. The highest BCUT2D eigenvalue weighted by molar-refractivity contribution is 7.80. The molecule has 0 aromatic heterocycles. The summed E-state index contributed by atoms with van der Waals surface area (Å²) in [5, 5.41) is 3.07. The number of esters is 1. The molecule has 86 valence electrons. The molecule has 0 amide bonds. The number of nitrogens with one attached hydrogen (secondary N) is 1. The maximum atomic E-state index is 11.0. The molecule has 1 rings (SSSR count). The molecule has 3 N–H and O–H groups in total. The normalized spacial score (nSPS) is 9.56. The van der Waals surface area contributed by atoms with Gasteiger partial charge in [-0.3, -0.25) is 4.79 Å². The van der Waals surface area contributed by atoms with Crippen molar-refractivity contribution in [3.8, 4) is 0 Å². The van der Waals surface area contributed by atoms with Gasteiger partial charge in [0.05, 0.1) is 7.11 Å². The molecule has 0 aliphatic carbocycles. The lowest BCUT2D eigenvalue weighted by molar-refractivity contribution is -0.140. The Bertz CT molecular complexity index is 393. The van der Waals surface area contributed by atoms with Crippen molar-refractivity contribution in [2.45, 2.75) is 12.8 Å². The average molecular weight is 238 g/mol. The van der Waals surface area contributed by atoms with Crippen molar-refractivity contribution < 1.29 is 9.53 Å². The minimum atomic E-state index is -0.215. The summed E-state index contributed by atoms with van der Waals surface area (Å²) in [5.41, 5.74) is 7.23. The van der Waals surface area contributed by atoms with Gasteiger partial charge >= 0.3 is 5.97 Å². The van der Waals surface area contributed by atoms with Crippen molar-refractivity contribution >= 4 is 29.0 Å². The van der Waals surface area contributed by atoms with Crippen LogP contribution >= 0.6 is 12.2 Å². The highest BCUT2D eigenvalue weighted by Gasteiger charge is 2.02. The minimum Gasteiger partial charge on any atom is -0.469 e. The van der Waals surface area contributed by atoms with Gasteiger partial charge in [-0.15, -0.1) is 0 Å². The van der Waals surface area contributed by atoms with Crippen LogP contribution in [-0.2, 0) is 16.0 Å². The standard InChI is InChI=1S/C11H14N2O2S/c1-15-10(14)6-5-8-3-2-4-9(7-8)13-11(12)16/h2-4,7H,5-6H2,1H3,(H3,12,13,16). The Hall–Kier alpha value is -1.62. The number of thiocarbonyl (C=S) groups is 1. The molecule has 0 radical (unpaired) electrons. The van der Waals surface area contributed by atoms with Gasteiger partial charge in [0.25, 0.3) is 0 Å². The van der Waals surface area contributed by atoms with Gasteiger partial charge in [-0.2, -0.15) is 0 Å². The predicted octanol–water partition coefficient (Wildman–Crippen LogP) is 1.45. The molecule has 0 heterocycles. The number of rotatable bonds is 4. The van der Waals surface area contributed by atoms with E-state index in [1.807, 2.05) is 24.3 Å². The number of hydrogen-bond acceptors (Lipinski definition) is 3. The molecule has 0 bridgehead atoms. The van der Waals surface area contributed by atoms with Crippen LogP contribution in [0.15, 0.2) is 24.3 Å². The molecule has 0 atom stereocenters. The zero-order chi connectivity index (χ0) is 12.0. The third kappa shape index (κ3) is 4.27. The van der Waals surface area contributed by atoms with Crippen LogP contribution < -0.4 is 11.1 Å². The number of benzene rings is 1. The molecule has 16 heavy (non-hydrogen) atoms. The maximum absolute atomic E-state index is 11.0. The smallest absolute Gasteiger partial charge is 0.305 e. The number of hydrogen-bond donors (Lipinski definition) is 2. The second-order valence-electron chi connectivity index (χ2n) is 3.27. The van der Waals surface area contributed by atoms with E-state index >= 15 is 0 Å². The van der Waals surface area contributed by atoms with Crippen LogP contribution in [-0.4, -0.2) is 18.2 Å². The number of methoxy groups -OCH3 is 1. The first-order chi connectivity index (χ1) is 7.61. The van der Waals surface area contributed by atoms with Crippen molar-refractivity contribution in [2.75, 3.05) is 12.4 Å². The lowest BCUT2D eigenvalue weighted by Gasteiger charge is -2.06. The van der Waals surface area contributed by atoms with E-state index in [4.69, 9.17) is 18.0 Å². The molecular weight excluding hydrogens is 224 g/mol. The Labute approximate surface area is 99.8 Å². The Morgan fingerprint density at radius 1 is 1.56 bits per heavy atom. The van der Waals surface area contributed by atoms with Gasteiger partial charge in [0.15, 0.2) is 5.11 Å². The molecular formula is C11H14N2O2S. The molecule has 0 saturated heterocycles. The lowest BCUT2D eigenvalue weighted by atomic mass is 10.1. The molecule has 1 aromatic carbocycles. The van der Waals surface area contributed by atoms with Crippen LogP contribution in [0.4, 0.5) is 5.69 Å². The van der Waals surface area contributed by atoms with Gasteiger partial charge in [0, 0.05) is 12.1 Å². The van der Waals surface area contributed by atoms with Crippen molar-refractivity contribution in [1.29, 1.82) is 0 Å². The first kappa shape index (κ1) is 12.4. The van der Waals surface area contributed by atoms with Crippen LogP contribution in [0.5, 0.6) is 0 Å². The van der Waals surface area contributed by atoms with Gasteiger partial charge < -0.3 is 15.8 Å². The Morgan fingerprint density at radius 3 is 2.94 bits per heavy atom. The summed E-state index contributed by atoms with van der Waals surface area (Å²) in [6.07, 6.45) is 1.01. The summed E-state index contributed by atoms with van der Waals surface area (Å²) in [6.45, 7) is 0. The van der Waals surface area contributed by atoms with Gasteiger partial charge in [-0.25, -0.2) is 0 Å². The van der Waals surface area contributed by atoms with Crippen LogP contribution in [0.1, 0.15) is 12.0 Å². The van der Waals surface area contributed by atoms with Gasteiger partial charge in [0.1, 0.15) is 0 Å². The third-order valence-corrected chi connectivity index (χ3v) is 2.14. The molecule has 0 aliphatic heterocycles. The van der Waals surface area contributed by atoms with E-state index in [0.717, 1.165) is 11.3 Å². The number of nitrogens with two attached hydrogens (primary N) is 1. The zero-order valence-electron chi connectivity index (χ0n) is 9.03. The van der Waals surface area contributed by atoms with Crippen LogP contribution in [0.3, 0.4) is 0 Å². The van der Waals surface area contributed by atoms with Gasteiger partial charge in [0.2, 0.25) is 0 Å². The van der Waals surface area contributed by atoms with Crippen molar-refractivity contribution in [2.24, 2.45) is 5.73 Å². The fourth-order valence-electron chi connectivity index (χ4n) is 1.30. The van der Waals surface area contributed by atoms with Crippen molar-refractivity contribution in [3.63, 3.8) is 0 Å². The summed E-state index contributed by atoms with van der Waals surface area (Å²) in [4.78, 5) is 11.0. The summed E-state index contributed by atoms with van der Waals surface area (Å²) >= 11 is 4.74. The zero-order valence-corrected chi connectivity index (χ0v) is 9.84. The van der Waals surface area contributed by atoms with E-state index in [0.29, 0.717) is 12.8 Å². The maximum Gasteiger partial charge on any atom is 0.305 e. The second kappa shape index (κ2) is 6.07. The fourth-order valence-corrected chi connectivity index (χ4v) is 1.41. The number of ether oxygens (including phenoxy) is 1. The van der Waals surface area contributed by atoms with Crippen LogP contribution in [0, 0.1) is 0 Å². The molecule has 0 fully saturated rings. The number of anilines is 1. The fraction of sp³-hybridized carbons (Fsp3) is 0.273. The van der Waals surface area contributed by atoms with E-state index in [9.17, 15) is 4.79 Å². The van der Waals surface area contributed by atoms with E-state index in [2.05, 4.69) is 10.1 Å². The highest BCUT2D eigenvalue weighted by Crippen LogP contribution is 2.12. The molecule has 1 aromatic rings. The van der Waals surface area contributed by atoms with Crippen LogP contribution in [0.25, 0.3) is 0 Å². The predicted molar refractivity (Wildman–Crippen MR) is 67.2 cm³/mol. The molecule has 4 nitrogen and oxygen atoms in total. The molecule has 5 heteroatoms. The summed E-state index contributed by atoms with van der Waals surface area (Å²) < 4.78 is 4.57. The topological polar surface area (TPSA) is 64.3 Å². The summed E-state index contributed by atoms with van der Waals surface area (Å²) in [6, 6.07) is 7.59. The minimum absolute atomic E-state index is 0.215. The molecule has 0 saturated carbocycles. The van der Waals surface area contributed by atoms with E-state index < -0.39 is 0 Å². The molecule has 0 spiro atoms. The number of carbonyl (C=O) groups is 1. The summed E-state index contributed by atoms with van der Waals surface area (Å²) in [7, 11) is 1.38. The molecule has 0 aliphatic rings. The first-order valence-electron chi connectivity index (χ1n) is 4.84. The Balaban J connectivity index is 2.60. The monoisotopic (exact) mass is 238 g/mol. The van der Waals surface area contributed by atoms with E-state index in [1.54, 1.807) is 0 Å². The first-order valence-corrected chi connectivity index (χ1v) is 5.25. The Morgan fingerprint density at radius 2 is 2.31 bits per heavy atom. The quantitative estimate of drug-likeness (QED) is 0.614. The van der Waals surface area contributed by atoms with E-state index in [1.165, 1.54) is 7.11 Å². The van der Waals surface area contributed by atoms with Gasteiger partial charge in [-0.1, -0.05) is 12.1 Å². The lowest BCUT2D eigenvalue weighted by Crippen LogP contribution is -2.18. The van der Waals surface area contributed by atoms with Crippen LogP contribution in [0.2, 0.25) is 0 Å². The Kier molecular flexibility index (Phi) is 4.72. The third-order valence-electron chi connectivity index (χ3n) is 2.04.